The standard InChI is InChI=1S/C25H18ClFN2O2S/c1-14-9-21-22(10-15(14)2)29-24(30)23(32-25(29)28-21)12-16-5-3-6-17(11-16)31-13-18-19(26)7-4-8-20(18)27/h3-12H,13H2,1-2H3. The van der Waals surface area contributed by atoms with Gasteiger partial charge in [-0.05, 0) is 73.0 Å². The van der Waals surface area contributed by atoms with Gasteiger partial charge in [-0.15, -0.1) is 0 Å². The molecule has 5 aromatic rings. The molecule has 0 fully saturated rings. The van der Waals surface area contributed by atoms with Crippen molar-refractivity contribution in [3.8, 4) is 5.75 Å². The summed E-state index contributed by atoms with van der Waals surface area (Å²) >= 11 is 7.42. The lowest BCUT2D eigenvalue weighted by Gasteiger charge is -2.09. The second kappa shape index (κ2) is 8.04. The zero-order valence-corrected chi connectivity index (χ0v) is 18.9. The Kier molecular flexibility index (Phi) is 5.19. The van der Waals surface area contributed by atoms with Crippen LogP contribution in [0, 0.1) is 19.7 Å². The van der Waals surface area contributed by atoms with E-state index in [2.05, 4.69) is 4.98 Å². The van der Waals surface area contributed by atoms with Gasteiger partial charge in [-0.3, -0.25) is 4.79 Å². The summed E-state index contributed by atoms with van der Waals surface area (Å²) in [4.78, 5) is 18.4. The summed E-state index contributed by atoms with van der Waals surface area (Å²) < 4.78 is 22.0. The topological polar surface area (TPSA) is 43.6 Å². The first-order chi connectivity index (χ1) is 15.4. The maximum Gasteiger partial charge on any atom is 0.274 e. The molecule has 0 spiro atoms. The molecule has 32 heavy (non-hydrogen) atoms. The van der Waals surface area contributed by atoms with Crippen molar-refractivity contribution in [3.05, 3.63) is 103 Å². The number of aromatic nitrogens is 2. The van der Waals surface area contributed by atoms with Crippen LogP contribution in [0.15, 0.2) is 59.4 Å². The number of thiazole rings is 1. The highest BCUT2D eigenvalue weighted by Crippen LogP contribution is 2.23. The summed E-state index contributed by atoms with van der Waals surface area (Å²) in [5.41, 5.74) is 4.93. The Labute approximate surface area is 192 Å². The van der Waals surface area contributed by atoms with Gasteiger partial charge in [0, 0.05) is 5.56 Å². The molecule has 3 aromatic carbocycles. The van der Waals surface area contributed by atoms with Crippen LogP contribution in [0.4, 0.5) is 4.39 Å². The molecule has 0 aliphatic carbocycles. The van der Waals surface area contributed by atoms with E-state index in [1.807, 2.05) is 50.3 Å². The molecule has 0 aliphatic heterocycles. The molecule has 0 amide bonds. The molecule has 0 aliphatic rings. The van der Waals surface area contributed by atoms with Crippen LogP contribution >= 0.6 is 22.9 Å². The highest BCUT2D eigenvalue weighted by atomic mass is 35.5. The van der Waals surface area contributed by atoms with Crippen molar-refractivity contribution < 1.29 is 9.13 Å². The number of rotatable bonds is 4. The van der Waals surface area contributed by atoms with Crippen molar-refractivity contribution in [2.24, 2.45) is 0 Å². The van der Waals surface area contributed by atoms with E-state index in [0.717, 1.165) is 27.7 Å². The van der Waals surface area contributed by atoms with Gasteiger partial charge in [0.05, 0.1) is 20.6 Å². The number of hydrogen-bond donors (Lipinski definition) is 0. The second-order valence-electron chi connectivity index (χ2n) is 7.63. The number of benzene rings is 3. The number of aryl methyl sites for hydroxylation is 2. The van der Waals surface area contributed by atoms with Gasteiger partial charge in [-0.2, -0.15) is 0 Å². The van der Waals surface area contributed by atoms with Gasteiger partial charge in [0.2, 0.25) is 0 Å². The molecule has 0 saturated heterocycles. The monoisotopic (exact) mass is 464 g/mol. The van der Waals surface area contributed by atoms with E-state index < -0.39 is 5.82 Å². The summed E-state index contributed by atoms with van der Waals surface area (Å²) in [6.45, 7) is 4.08. The van der Waals surface area contributed by atoms with Crippen molar-refractivity contribution in [3.63, 3.8) is 0 Å². The smallest absolute Gasteiger partial charge is 0.274 e. The van der Waals surface area contributed by atoms with Crippen molar-refractivity contribution >= 4 is 45.0 Å². The fraction of sp³-hybridized carbons (Fsp3) is 0.120. The van der Waals surface area contributed by atoms with Gasteiger partial charge in [-0.1, -0.05) is 41.1 Å². The quantitative estimate of drug-likeness (QED) is 0.355. The third-order valence-electron chi connectivity index (χ3n) is 5.46. The number of ether oxygens (including phenoxy) is 1. The molecular weight excluding hydrogens is 447 g/mol. The summed E-state index contributed by atoms with van der Waals surface area (Å²) in [5, 5.41) is 0.323. The van der Waals surface area contributed by atoms with Gasteiger partial charge < -0.3 is 4.74 Å². The molecule has 0 bridgehead atoms. The Morgan fingerprint density at radius 2 is 1.91 bits per heavy atom. The first kappa shape index (κ1) is 20.7. The van der Waals surface area contributed by atoms with Crippen LogP contribution in [-0.4, -0.2) is 9.38 Å². The number of hydrogen-bond acceptors (Lipinski definition) is 4. The number of fused-ring (bicyclic) bond motifs is 3. The maximum absolute atomic E-state index is 14.0. The Hall–Kier alpha value is -3.22. The molecule has 160 valence electrons. The predicted octanol–water partition coefficient (Wildman–Crippen LogP) is 5.45. The second-order valence-corrected chi connectivity index (χ2v) is 9.05. The zero-order chi connectivity index (χ0) is 22.4. The summed E-state index contributed by atoms with van der Waals surface area (Å²) in [6.07, 6.45) is 1.82. The molecule has 0 atom stereocenters. The predicted molar refractivity (Wildman–Crippen MR) is 127 cm³/mol. The SMILES string of the molecule is Cc1cc2nc3sc(=Cc4cccc(OCc5c(F)cccc5Cl)c4)c(=O)n3c2cc1C. The van der Waals surface area contributed by atoms with Crippen LogP contribution in [0.25, 0.3) is 22.1 Å². The lowest BCUT2D eigenvalue weighted by atomic mass is 10.1. The Morgan fingerprint density at radius 3 is 2.72 bits per heavy atom. The van der Waals surface area contributed by atoms with Crippen molar-refractivity contribution in [2.45, 2.75) is 20.5 Å². The van der Waals surface area contributed by atoms with E-state index in [1.54, 1.807) is 22.6 Å². The van der Waals surface area contributed by atoms with Crippen LogP contribution in [-0.2, 0) is 6.61 Å². The fourth-order valence-electron chi connectivity index (χ4n) is 3.59. The van der Waals surface area contributed by atoms with E-state index in [-0.39, 0.29) is 12.2 Å². The third kappa shape index (κ3) is 3.66. The molecule has 7 heteroatoms. The van der Waals surface area contributed by atoms with Crippen LogP contribution in [0.1, 0.15) is 22.3 Å². The molecule has 2 aromatic heterocycles. The average molecular weight is 465 g/mol. The normalized spacial score (nSPS) is 12.2. The Morgan fingerprint density at radius 1 is 1.12 bits per heavy atom. The average Bonchev–Trinajstić information content (AvgIpc) is 3.24. The zero-order valence-electron chi connectivity index (χ0n) is 17.4. The van der Waals surface area contributed by atoms with Crippen LogP contribution in [0.2, 0.25) is 5.02 Å². The third-order valence-corrected chi connectivity index (χ3v) is 6.78. The van der Waals surface area contributed by atoms with Crippen molar-refractivity contribution in [1.82, 2.24) is 9.38 Å². The lowest BCUT2D eigenvalue weighted by Crippen LogP contribution is -2.22. The summed E-state index contributed by atoms with van der Waals surface area (Å²) in [5.74, 6) is 0.152. The first-order valence-electron chi connectivity index (χ1n) is 10.0. The number of halogens is 2. The summed E-state index contributed by atoms with van der Waals surface area (Å²) in [7, 11) is 0. The van der Waals surface area contributed by atoms with Gasteiger partial charge in [0.25, 0.3) is 5.56 Å². The molecule has 0 radical (unpaired) electrons. The van der Waals surface area contributed by atoms with E-state index in [0.29, 0.717) is 25.8 Å². The van der Waals surface area contributed by atoms with Crippen molar-refractivity contribution in [2.75, 3.05) is 0 Å². The largest absolute Gasteiger partial charge is 0.489 e. The number of nitrogens with zero attached hydrogens (tertiary/aromatic N) is 2. The minimum atomic E-state index is -0.407. The van der Waals surface area contributed by atoms with E-state index in [9.17, 15) is 9.18 Å². The number of imidazole rings is 1. The maximum atomic E-state index is 14.0. The van der Waals surface area contributed by atoms with Crippen LogP contribution in [0.5, 0.6) is 5.75 Å². The highest BCUT2D eigenvalue weighted by molar-refractivity contribution is 7.15. The van der Waals surface area contributed by atoms with Gasteiger partial charge in [-0.25, -0.2) is 13.8 Å². The van der Waals surface area contributed by atoms with Gasteiger partial charge in [0.1, 0.15) is 18.2 Å². The Balaban J connectivity index is 1.49. The molecule has 0 saturated carbocycles. The highest BCUT2D eigenvalue weighted by Gasteiger charge is 2.12. The molecular formula is C25H18ClFN2O2S. The molecule has 0 unspecified atom stereocenters. The molecule has 5 rings (SSSR count). The first-order valence-corrected chi connectivity index (χ1v) is 11.2. The minimum Gasteiger partial charge on any atom is -0.489 e. The van der Waals surface area contributed by atoms with Crippen LogP contribution < -0.4 is 14.8 Å². The molecule has 4 nitrogen and oxygen atoms in total. The molecule has 0 N–H and O–H groups in total. The van der Waals surface area contributed by atoms with E-state index in [1.165, 1.54) is 17.4 Å². The van der Waals surface area contributed by atoms with Gasteiger partial charge >= 0.3 is 0 Å². The van der Waals surface area contributed by atoms with E-state index >= 15 is 0 Å². The fourth-order valence-corrected chi connectivity index (χ4v) is 4.79. The summed E-state index contributed by atoms with van der Waals surface area (Å²) in [6, 6.07) is 15.9. The van der Waals surface area contributed by atoms with Gasteiger partial charge in [0.15, 0.2) is 4.96 Å². The van der Waals surface area contributed by atoms with Crippen LogP contribution in [0.3, 0.4) is 0 Å². The Bertz CT molecular complexity index is 1590. The minimum absolute atomic E-state index is 0.0132. The van der Waals surface area contributed by atoms with Crippen molar-refractivity contribution in [1.29, 1.82) is 0 Å². The molecule has 2 heterocycles. The lowest BCUT2D eigenvalue weighted by molar-refractivity contribution is 0.300. The van der Waals surface area contributed by atoms with E-state index in [4.69, 9.17) is 16.3 Å².